The molecule has 1 atom stereocenters. The van der Waals surface area contributed by atoms with E-state index in [0.717, 1.165) is 47.2 Å². The Morgan fingerprint density at radius 1 is 1.37 bits per heavy atom. The van der Waals surface area contributed by atoms with Crippen molar-refractivity contribution < 1.29 is 9.53 Å². The molecule has 0 radical (unpaired) electrons. The van der Waals surface area contributed by atoms with E-state index in [-0.39, 0.29) is 12.0 Å². The lowest BCUT2D eigenvalue weighted by molar-refractivity contribution is -0.119. The van der Waals surface area contributed by atoms with E-state index >= 15 is 0 Å². The van der Waals surface area contributed by atoms with Gasteiger partial charge in [0, 0.05) is 16.8 Å². The lowest BCUT2D eigenvalue weighted by Crippen LogP contribution is -2.26. The molecule has 1 amide bonds. The molecule has 2 rings (SSSR count). The van der Waals surface area contributed by atoms with E-state index in [2.05, 4.69) is 21.2 Å². The largest absolute Gasteiger partial charge is 0.378 e. The lowest BCUT2D eigenvalue weighted by Gasteiger charge is -2.22. The van der Waals surface area contributed by atoms with E-state index in [1.165, 1.54) is 0 Å². The number of aryl methyl sites for hydroxylation is 2. The number of hydrogen-bond donors (Lipinski definition) is 1. The van der Waals surface area contributed by atoms with Gasteiger partial charge in [0.1, 0.15) is 0 Å². The summed E-state index contributed by atoms with van der Waals surface area (Å²) in [7, 11) is 0. The Morgan fingerprint density at radius 3 is 2.63 bits per heavy atom. The minimum Gasteiger partial charge on any atom is -0.378 e. The number of ether oxygens (including phenoxy) is 1. The van der Waals surface area contributed by atoms with E-state index in [9.17, 15) is 4.79 Å². The molecule has 19 heavy (non-hydrogen) atoms. The summed E-state index contributed by atoms with van der Waals surface area (Å²) in [5.41, 5.74) is 3.07. The summed E-state index contributed by atoms with van der Waals surface area (Å²) in [5, 5.41) is 3.01. The topological polar surface area (TPSA) is 38.3 Å². The van der Waals surface area contributed by atoms with Crippen LogP contribution in [0.3, 0.4) is 0 Å². The van der Waals surface area contributed by atoms with Crippen molar-refractivity contribution in [2.45, 2.75) is 45.6 Å². The van der Waals surface area contributed by atoms with Gasteiger partial charge in [-0.15, -0.1) is 0 Å². The molecular formula is C15H20BrNO2. The van der Waals surface area contributed by atoms with Crippen molar-refractivity contribution in [2.75, 3.05) is 11.9 Å². The van der Waals surface area contributed by atoms with Gasteiger partial charge in [0.2, 0.25) is 5.91 Å². The van der Waals surface area contributed by atoms with Crippen LogP contribution in [0.25, 0.3) is 0 Å². The first-order chi connectivity index (χ1) is 9.06. The molecule has 0 bridgehead atoms. The molecule has 1 unspecified atom stereocenters. The summed E-state index contributed by atoms with van der Waals surface area (Å²) in [6.07, 6.45) is 3.81. The number of hydrogen-bond acceptors (Lipinski definition) is 2. The first-order valence-corrected chi connectivity index (χ1v) is 7.54. The number of benzene rings is 1. The third-order valence-corrected chi connectivity index (χ3v) is 3.91. The predicted octanol–water partition coefficient (Wildman–Crippen LogP) is 3.96. The lowest BCUT2D eigenvalue weighted by atomic mass is 10.1. The maximum absolute atomic E-state index is 12.1. The number of carbonyl (C=O) groups is 1. The van der Waals surface area contributed by atoms with Crippen molar-refractivity contribution in [1.82, 2.24) is 0 Å². The molecule has 3 nitrogen and oxygen atoms in total. The van der Waals surface area contributed by atoms with Crippen LogP contribution in [0.5, 0.6) is 0 Å². The van der Waals surface area contributed by atoms with Crippen molar-refractivity contribution in [2.24, 2.45) is 0 Å². The Kier molecular flexibility index (Phi) is 4.99. The summed E-state index contributed by atoms with van der Waals surface area (Å²) in [6, 6.07) is 4.03. The minimum absolute atomic E-state index is 0.0421. The summed E-state index contributed by atoms with van der Waals surface area (Å²) >= 11 is 3.46. The van der Waals surface area contributed by atoms with Gasteiger partial charge in [-0.25, -0.2) is 0 Å². The van der Waals surface area contributed by atoms with Crippen LogP contribution in [0.1, 0.15) is 36.8 Å². The average Bonchev–Trinajstić information content (AvgIpc) is 2.35. The van der Waals surface area contributed by atoms with Gasteiger partial charge < -0.3 is 10.1 Å². The monoisotopic (exact) mass is 325 g/mol. The van der Waals surface area contributed by atoms with Crippen LogP contribution in [-0.4, -0.2) is 18.6 Å². The molecule has 104 valence electrons. The van der Waals surface area contributed by atoms with E-state index in [4.69, 9.17) is 4.74 Å². The summed E-state index contributed by atoms with van der Waals surface area (Å²) in [4.78, 5) is 12.1. The maximum atomic E-state index is 12.1. The summed E-state index contributed by atoms with van der Waals surface area (Å²) in [6.45, 7) is 4.79. The van der Waals surface area contributed by atoms with Crippen LogP contribution >= 0.6 is 15.9 Å². The average molecular weight is 326 g/mol. The number of amides is 1. The number of halogens is 1. The number of anilines is 1. The quantitative estimate of drug-likeness (QED) is 0.913. The molecule has 1 aliphatic heterocycles. The first kappa shape index (κ1) is 14.5. The zero-order chi connectivity index (χ0) is 13.8. The second kappa shape index (κ2) is 6.53. The Labute approximate surface area is 122 Å². The highest BCUT2D eigenvalue weighted by Gasteiger charge is 2.18. The van der Waals surface area contributed by atoms with E-state index in [0.29, 0.717) is 6.42 Å². The van der Waals surface area contributed by atoms with E-state index in [1.54, 1.807) is 0 Å². The third kappa shape index (κ3) is 4.05. The van der Waals surface area contributed by atoms with Crippen LogP contribution in [0, 0.1) is 13.8 Å². The Hall–Kier alpha value is -0.870. The highest BCUT2D eigenvalue weighted by atomic mass is 79.9. The van der Waals surface area contributed by atoms with Gasteiger partial charge in [-0.1, -0.05) is 15.9 Å². The normalized spacial score (nSPS) is 19.2. The molecular weight excluding hydrogens is 306 g/mol. The van der Waals surface area contributed by atoms with Gasteiger partial charge in [-0.2, -0.15) is 0 Å². The fourth-order valence-electron chi connectivity index (χ4n) is 2.47. The summed E-state index contributed by atoms with van der Waals surface area (Å²) < 4.78 is 6.64. The van der Waals surface area contributed by atoms with Crippen molar-refractivity contribution in [3.8, 4) is 0 Å². The van der Waals surface area contributed by atoms with Gasteiger partial charge in [0.05, 0.1) is 12.5 Å². The molecule has 4 heteroatoms. The SMILES string of the molecule is Cc1cc(Br)cc(C)c1NC(=O)CC1CCCCO1. The number of nitrogens with one attached hydrogen (secondary N) is 1. The van der Waals surface area contributed by atoms with Crippen molar-refractivity contribution in [1.29, 1.82) is 0 Å². The van der Waals surface area contributed by atoms with E-state index < -0.39 is 0 Å². The standard InChI is InChI=1S/C15H20BrNO2/c1-10-7-12(16)8-11(2)15(10)17-14(18)9-13-5-3-4-6-19-13/h7-8,13H,3-6,9H2,1-2H3,(H,17,18). The maximum Gasteiger partial charge on any atom is 0.227 e. The van der Waals surface area contributed by atoms with Crippen LogP contribution in [0.2, 0.25) is 0 Å². The van der Waals surface area contributed by atoms with Crippen molar-refractivity contribution >= 4 is 27.5 Å². The molecule has 1 saturated heterocycles. The second-order valence-corrected chi connectivity index (χ2v) is 6.07. The molecule has 1 aliphatic rings. The van der Waals surface area contributed by atoms with E-state index in [1.807, 2.05) is 26.0 Å². The third-order valence-electron chi connectivity index (χ3n) is 3.45. The zero-order valence-corrected chi connectivity index (χ0v) is 13.0. The smallest absolute Gasteiger partial charge is 0.227 e. The predicted molar refractivity (Wildman–Crippen MR) is 80.5 cm³/mol. The first-order valence-electron chi connectivity index (χ1n) is 6.74. The molecule has 0 saturated carbocycles. The summed E-state index contributed by atoms with van der Waals surface area (Å²) in [5.74, 6) is 0.0421. The van der Waals surface area contributed by atoms with Gasteiger partial charge in [0.25, 0.3) is 0 Å². The Balaban J connectivity index is 1.98. The van der Waals surface area contributed by atoms with Gasteiger partial charge in [0.15, 0.2) is 0 Å². The molecule has 1 fully saturated rings. The number of rotatable bonds is 3. The fourth-order valence-corrected chi connectivity index (χ4v) is 3.16. The van der Waals surface area contributed by atoms with Crippen LogP contribution in [0.4, 0.5) is 5.69 Å². The zero-order valence-electron chi connectivity index (χ0n) is 11.5. The van der Waals surface area contributed by atoms with Gasteiger partial charge in [-0.05, 0) is 56.4 Å². The highest BCUT2D eigenvalue weighted by Crippen LogP contribution is 2.25. The Bertz CT molecular complexity index is 444. The Morgan fingerprint density at radius 2 is 2.05 bits per heavy atom. The second-order valence-electron chi connectivity index (χ2n) is 5.16. The molecule has 1 N–H and O–H groups in total. The molecule has 0 spiro atoms. The van der Waals surface area contributed by atoms with Crippen LogP contribution < -0.4 is 5.32 Å². The molecule has 1 heterocycles. The van der Waals surface area contributed by atoms with Crippen LogP contribution in [0.15, 0.2) is 16.6 Å². The number of carbonyl (C=O) groups excluding carboxylic acids is 1. The van der Waals surface area contributed by atoms with Gasteiger partial charge in [-0.3, -0.25) is 4.79 Å². The molecule has 0 aromatic heterocycles. The van der Waals surface area contributed by atoms with Crippen molar-refractivity contribution in [3.05, 3.63) is 27.7 Å². The fraction of sp³-hybridized carbons (Fsp3) is 0.533. The van der Waals surface area contributed by atoms with Crippen molar-refractivity contribution in [3.63, 3.8) is 0 Å². The molecule has 1 aromatic rings. The van der Waals surface area contributed by atoms with Gasteiger partial charge >= 0.3 is 0 Å². The minimum atomic E-state index is 0.0421. The molecule has 0 aliphatic carbocycles. The highest BCUT2D eigenvalue weighted by molar-refractivity contribution is 9.10. The molecule has 1 aromatic carbocycles. The van der Waals surface area contributed by atoms with Crippen LogP contribution in [-0.2, 0) is 9.53 Å².